The molecule has 1 aromatic carbocycles. The van der Waals surface area contributed by atoms with Gasteiger partial charge in [0, 0.05) is 61.9 Å². The fraction of sp³-hybridized carbons (Fsp3) is 0.400. The number of halogens is 2. The number of pyridine rings is 1. The Morgan fingerprint density at radius 2 is 1.94 bits per heavy atom. The van der Waals surface area contributed by atoms with E-state index in [9.17, 15) is 5.26 Å². The first kappa shape index (κ1) is 23.2. The lowest BCUT2D eigenvalue weighted by atomic mass is 9.90. The third-order valence-electron chi connectivity index (χ3n) is 6.58. The summed E-state index contributed by atoms with van der Waals surface area (Å²) in [6, 6.07) is 7.91. The molecule has 5 rings (SSSR count). The minimum absolute atomic E-state index is 0.171. The van der Waals surface area contributed by atoms with Gasteiger partial charge in [-0.1, -0.05) is 17.7 Å². The largest absolute Gasteiger partial charge is 0.370 e. The molecule has 8 nitrogen and oxygen atoms in total. The van der Waals surface area contributed by atoms with Crippen molar-refractivity contribution in [3.05, 3.63) is 53.3 Å². The normalized spacial score (nSPS) is 16.0. The number of anilines is 1. The van der Waals surface area contributed by atoms with Gasteiger partial charge in [0.25, 0.3) is 0 Å². The van der Waals surface area contributed by atoms with Crippen LogP contribution in [0.4, 0.5) is 10.1 Å². The summed E-state index contributed by atoms with van der Waals surface area (Å²) in [5.74, 6) is 0.328. The smallest absolute Gasteiger partial charge is 0.181 e. The molecular formula is C25H26ClFN8. The number of aromatic nitrogens is 6. The zero-order valence-electron chi connectivity index (χ0n) is 20.1. The molecule has 0 amide bonds. The van der Waals surface area contributed by atoms with Crippen LogP contribution in [0.15, 0.2) is 36.9 Å². The Bertz CT molecular complexity index is 1450. The molecule has 4 aromatic rings. The Balaban J connectivity index is 1.55. The molecule has 35 heavy (non-hydrogen) atoms. The molecule has 0 atom stereocenters. The predicted octanol–water partition coefficient (Wildman–Crippen LogP) is 4.97. The van der Waals surface area contributed by atoms with Crippen LogP contribution in [0.3, 0.4) is 0 Å². The van der Waals surface area contributed by atoms with Crippen LogP contribution in [-0.2, 0) is 18.3 Å². The van der Waals surface area contributed by atoms with E-state index in [1.54, 1.807) is 23.9 Å². The van der Waals surface area contributed by atoms with Crippen molar-refractivity contribution < 1.29 is 4.39 Å². The average molecular weight is 493 g/mol. The molecule has 4 heterocycles. The first-order chi connectivity index (χ1) is 16.6. The summed E-state index contributed by atoms with van der Waals surface area (Å²) in [5, 5.41) is 23.7. The first-order valence-electron chi connectivity index (χ1n) is 11.5. The van der Waals surface area contributed by atoms with E-state index in [1.807, 2.05) is 27.9 Å². The van der Waals surface area contributed by atoms with E-state index in [-0.39, 0.29) is 18.4 Å². The molecule has 180 valence electrons. The van der Waals surface area contributed by atoms with E-state index in [2.05, 4.69) is 47.1 Å². The lowest BCUT2D eigenvalue weighted by Crippen LogP contribution is -2.42. The zero-order chi connectivity index (χ0) is 25.0. The number of hydrogen-bond donors (Lipinski definition) is 0. The molecule has 10 heteroatoms. The second-order valence-corrected chi connectivity index (χ2v) is 10.4. The lowest BCUT2D eigenvalue weighted by molar-refractivity contribution is 0.109. The van der Waals surface area contributed by atoms with Crippen LogP contribution in [0.5, 0.6) is 0 Å². The molecule has 0 saturated carbocycles. The molecule has 0 aliphatic carbocycles. The van der Waals surface area contributed by atoms with Crippen molar-refractivity contribution in [1.82, 2.24) is 29.5 Å². The van der Waals surface area contributed by atoms with E-state index >= 15 is 4.39 Å². The van der Waals surface area contributed by atoms with Gasteiger partial charge >= 0.3 is 0 Å². The van der Waals surface area contributed by atoms with Gasteiger partial charge in [0.15, 0.2) is 17.1 Å². The zero-order valence-corrected chi connectivity index (χ0v) is 20.9. The van der Waals surface area contributed by atoms with Gasteiger partial charge < -0.3 is 9.47 Å². The van der Waals surface area contributed by atoms with Crippen LogP contribution < -0.4 is 4.90 Å². The van der Waals surface area contributed by atoms with Gasteiger partial charge in [-0.2, -0.15) is 10.4 Å². The molecular weight excluding hydrogens is 467 g/mol. The van der Waals surface area contributed by atoms with Gasteiger partial charge in [0.2, 0.25) is 0 Å². The molecule has 0 unspecified atom stereocenters. The maximum absolute atomic E-state index is 15.8. The summed E-state index contributed by atoms with van der Waals surface area (Å²) in [6.45, 7) is 7.06. The summed E-state index contributed by atoms with van der Waals surface area (Å²) in [7, 11) is 1.75. The summed E-state index contributed by atoms with van der Waals surface area (Å²) in [6.07, 6.45) is 5.71. The van der Waals surface area contributed by atoms with E-state index in [4.69, 9.17) is 11.6 Å². The first-order valence-corrected chi connectivity index (χ1v) is 11.9. The van der Waals surface area contributed by atoms with Crippen molar-refractivity contribution in [3.63, 3.8) is 0 Å². The van der Waals surface area contributed by atoms with Crippen LogP contribution >= 0.6 is 11.6 Å². The number of hydrogen-bond acceptors (Lipinski definition) is 6. The number of nitrogens with zero attached hydrogens (tertiary/aromatic N) is 8. The number of piperidine rings is 1. The molecule has 1 aliphatic heterocycles. The van der Waals surface area contributed by atoms with Crippen LogP contribution in [0.25, 0.3) is 22.2 Å². The van der Waals surface area contributed by atoms with Crippen molar-refractivity contribution in [2.75, 3.05) is 18.0 Å². The third-order valence-corrected chi connectivity index (χ3v) is 6.90. The summed E-state index contributed by atoms with van der Waals surface area (Å²) >= 11 is 6.44. The number of nitriles is 1. The summed E-state index contributed by atoms with van der Waals surface area (Å²) in [4.78, 5) is 6.62. The number of fused-ring (bicyclic) bond motifs is 1. The van der Waals surface area contributed by atoms with Crippen molar-refractivity contribution in [2.45, 2.75) is 44.8 Å². The van der Waals surface area contributed by atoms with Crippen molar-refractivity contribution >= 4 is 28.3 Å². The Hall–Kier alpha value is -3.51. The van der Waals surface area contributed by atoms with E-state index < -0.39 is 5.67 Å². The molecule has 1 aliphatic rings. The third kappa shape index (κ3) is 4.02. The summed E-state index contributed by atoms with van der Waals surface area (Å²) in [5.41, 5.74) is 1.66. The molecule has 0 radical (unpaired) electrons. The van der Waals surface area contributed by atoms with Crippen LogP contribution in [0, 0.1) is 11.3 Å². The Morgan fingerprint density at radius 3 is 2.57 bits per heavy atom. The Morgan fingerprint density at radius 1 is 1.20 bits per heavy atom. The molecule has 1 saturated heterocycles. The summed E-state index contributed by atoms with van der Waals surface area (Å²) < 4.78 is 19.3. The highest BCUT2D eigenvalue weighted by Gasteiger charge is 2.41. The minimum Gasteiger partial charge on any atom is -0.370 e. The quantitative estimate of drug-likeness (QED) is 0.401. The van der Waals surface area contributed by atoms with Crippen molar-refractivity contribution in [3.8, 4) is 17.2 Å². The number of benzene rings is 1. The highest BCUT2D eigenvalue weighted by Crippen LogP contribution is 2.43. The predicted molar refractivity (Wildman–Crippen MR) is 133 cm³/mol. The van der Waals surface area contributed by atoms with E-state index in [0.717, 1.165) is 16.5 Å². The van der Waals surface area contributed by atoms with E-state index in [1.165, 1.54) is 6.33 Å². The van der Waals surface area contributed by atoms with E-state index in [0.29, 0.717) is 40.8 Å². The van der Waals surface area contributed by atoms with Crippen molar-refractivity contribution in [2.24, 2.45) is 7.05 Å². The lowest BCUT2D eigenvalue weighted by Gasteiger charge is -2.38. The SMILES string of the molecule is Cn1cnnc1C1(F)CCN(c2c(-c3cnc4nn(C(C)(C)C)cc4c3)ccc(Cl)c2C#N)CC1. The average Bonchev–Trinajstić information content (AvgIpc) is 3.45. The molecule has 3 aromatic heterocycles. The number of alkyl halides is 1. The Labute approximate surface area is 208 Å². The van der Waals surface area contributed by atoms with Gasteiger partial charge in [-0.05, 0) is 32.9 Å². The molecule has 0 bridgehead atoms. The van der Waals surface area contributed by atoms with Gasteiger partial charge in [-0.15, -0.1) is 10.2 Å². The van der Waals surface area contributed by atoms with Gasteiger partial charge in [0.05, 0.1) is 21.8 Å². The number of rotatable bonds is 3. The van der Waals surface area contributed by atoms with Gasteiger partial charge in [-0.25, -0.2) is 9.37 Å². The number of aryl methyl sites for hydroxylation is 1. The standard InChI is InChI=1S/C25H26ClFN8/c1-24(2,3)35-14-17-11-16(13-29-22(17)32-35)18-5-6-20(26)19(12-28)21(18)34-9-7-25(27,8-10-34)23-31-30-15-33(23)4/h5-6,11,13-15H,7-10H2,1-4H3. The molecule has 0 N–H and O–H groups in total. The monoisotopic (exact) mass is 492 g/mol. The fourth-order valence-corrected chi connectivity index (χ4v) is 4.83. The van der Waals surface area contributed by atoms with Gasteiger partial charge in [0.1, 0.15) is 12.4 Å². The van der Waals surface area contributed by atoms with Crippen molar-refractivity contribution in [1.29, 1.82) is 5.26 Å². The van der Waals surface area contributed by atoms with Gasteiger partial charge in [-0.3, -0.25) is 4.68 Å². The fourth-order valence-electron chi connectivity index (χ4n) is 4.64. The molecule has 1 fully saturated rings. The highest BCUT2D eigenvalue weighted by molar-refractivity contribution is 6.32. The second kappa shape index (κ2) is 8.31. The molecule has 0 spiro atoms. The highest BCUT2D eigenvalue weighted by atomic mass is 35.5. The van der Waals surface area contributed by atoms with Crippen LogP contribution in [0.1, 0.15) is 45.0 Å². The minimum atomic E-state index is -1.57. The van der Waals surface area contributed by atoms with Crippen LogP contribution in [-0.4, -0.2) is 42.6 Å². The topological polar surface area (TPSA) is 88.4 Å². The second-order valence-electron chi connectivity index (χ2n) is 10.0. The maximum atomic E-state index is 15.8. The Kier molecular flexibility index (Phi) is 5.52. The van der Waals surface area contributed by atoms with Crippen LogP contribution in [0.2, 0.25) is 5.02 Å². The maximum Gasteiger partial charge on any atom is 0.181 e.